The number of hydrogen-bond donors (Lipinski definition) is 0. The second kappa shape index (κ2) is 9.45. The fraction of sp³-hybridized carbons (Fsp3) is 0.111. The van der Waals surface area contributed by atoms with Gasteiger partial charge in [0.05, 0.1) is 0 Å². The van der Waals surface area contributed by atoms with Crippen LogP contribution in [0.15, 0.2) is 79.4 Å². The van der Waals surface area contributed by atoms with Crippen molar-refractivity contribution in [3.8, 4) is 28.0 Å². The van der Waals surface area contributed by atoms with Crippen molar-refractivity contribution in [1.29, 1.82) is 0 Å². The molecule has 0 fully saturated rings. The van der Waals surface area contributed by atoms with E-state index in [-0.39, 0.29) is 16.5 Å². The summed E-state index contributed by atoms with van der Waals surface area (Å²) >= 11 is 0. The summed E-state index contributed by atoms with van der Waals surface area (Å²) in [6.45, 7) is 0.345. The highest BCUT2D eigenvalue weighted by Gasteiger charge is 2.19. The van der Waals surface area contributed by atoms with Gasteiger partial charge in [-0.15, -0.1) is 6.58 Å². The zero-order valence-electron chi connectivity index (χ0n) is 17.4. The zero-order valence-corrected chi connectivity index (χ0v) is 17.4. The Morgan fingerprint density at radius 2 is 1.45 bits per heavy atom. The van der Waals surface area contributed by atoms with Gasteiger partial charge in [0.2, 0.25) is 0 Å². The van der Waals surface area contributed by atoms with Gasteiger partial charge in [0.25, 0.3) is 0 Å². The summed E-state index contributed by atoms with van der Waals surface area (Å²) in [5, 5.41) is 0.885. The van der Waals surface area contributed by atoms with E-state index >= 15 is 4.39 Å². The monoisotopic (exact) mass is 454 g/mol. The number of ether oxygens (including phenoxy) is 1. The van der Waals surface area contributed by atoms with Crippen LogP contribution in [-0.2, 0) is 6.42 Å². The lowest BCUT2D eigenvalue weighted by molar-refractivity contribution is -0.0546. The van der Waals surface area contributed by atoms with Gasteiger partial charge in [-0.05, 0) is 58.7 Å². The number of fused-ring (bicyclic) bond motifs is 1. The van der Waals surface area contributed by atoms with Crippen LogP contribution < -0.4 is 4.74 Å². The molecule has 0 amide bonds. The number of aryl methyl sites for hydroxylation is 1. The van der Waals surface area contributed by atoms with E-state index < -0.39 is 29.8 Å². The lowest BCUT2D eigenvalue weighted by atomic mass is 9.96. The van der Waals surface area contributed by atoms with Gasteiger partial charge in [0.1, 0.15) is 5.82 Å². The summed E-state index contributed by atoms with van der Waals surface area (Å²) in [5.74, 6) is -4.54. The lowest BCUT2D eigenvalue weighted by Crippen LogP contribution is -2.06. The summed E-state index contributed by atoms with van der Waals surface area (Å²) < 4.78 is 72.0. The van der Waals surface area contributed by atoms with Crippen LogP contribution in [0.4, 0.5) is 22.0 Å². The molecule has 0 radical (unpaired) electrons. The Balaban J connectivity index is 1.68. The summed E-state index contributed by atoms with van der Waals surface area (Å²) in [6, 6.07) is 17.9. The molecule has 6 heteroatoms. The Bertz CT molecular complexity index is 1290. The molecule has 4 rings (SSSR count). The van der Waals surface area contributed by atoms with Crippen LogP contribution in [0.25, 0.3) is 33.0 Å². The first-order chi connectivity index (χ1) is 15.9. The van der Waals surface area contributed by atoms with Crippen molar-refractivity contribution < 1.29 is 26.7 Å². The molecule has 0 N–H and O–H groups in total. The molecule has 0 aliphatic carbocycles. The number of allylic oxidation sites excluding steroid dienone is 1. The largest absolute Gasteiger partial charge is 0.429 e. The maximum absolute atomic E-state index is 15.2. The third kappa shape index (κ3) is 4.75. The van der Waals surface area contributed by atoms with Gasteiger partial charge in [-0.2, -0.15) is 8.78 Å². The molecule has 4 aromatic carbocycles. The molecule has 33 heavy (non-hydrogen) atoms. The van der Waals surface area contributed by atoms with Crippen molar-refractivity contribution in [1.82, 2.24) is 0 Å². The number of halogens is 5. The standard InChI is InChI=1S/C27H19F5O/c1-2-3-4-16-5-7-17(8-6-16)18-9-11-21-19(13-18)10-12-22(25(21)30)20-14-23(28)26(24(29)15-20)33-27(31)32/h2,5-15,27H,1,3-4H2. The molecule has 0 aliphatic rings. The summed E-state index contributed by atoms with van der Waals surface area (Å²) in [5.41, 5.74) is 2.89. The predicted molar refractivity (Wildman–Crippen MR) is 120 cm³/mol. The average Bonchev–Trinajstić information content (AvgIpc) is 2.80. The topological polar surface area (TPSA) is 9.23 Å². The summed E-state index contributed by atoms with van der Waals surface area (Å²) in [4.78, 5) is 0. The van der Waals surface area contributed by atoms with Crippen LogP contribution in [0.3, 0.4) is 0 Å². The first-order valence-electron chi connectivity index (χ1n) is 10.2. The summed E-state index contributed by atoms with van der Waals surface area (Å²) in [6.07, 6.45) is 3.67. The zero-order chi connectivity index (χ0) is 23.5. The molecule has 4 aromatic rings. The minimum Gasteiger partial charge on any atom is -0.429 e. The van der Waals surface area contributed by atoms with E-state index in [1.165, 1.54) is 11.6 Å². The molecular formula is C27H19F5O. The first kappa shape index (κ1) is 22.5. The molecular weight excluding hydrogens is 435 g/mol. The van der Waals surface area contributed by atoms with Crippen molar-refractivity contribution in [2.45, 2.75) is 19.5 Å². The molecule has 0 spiro atoms. The third-order valence-corrected chi connectivity index (χ3v) is 5.39. The van der Waals surface area contributed by atoms with Crippen LogP contribution in [-0.4, -0.2) is 6.61 Å². The molecule has 0 atom stereocenters. The quantitative estimate of drug-likeness (QED) is 0.202. The van der Waals surface area contributed by atoms with Crippen LogP contribution in [0.2, 0.25) is 0 Å². The van der Waals surface area contributed by atoms with Crippen LogP contribution in [0.5, 0.6) is 5.75 Å². The van der Waals surface area contributed by atoms with Crippen LogP contribution in [0.1, 0.15) is 12.0 Å². The van der Waals surface area contributed by atoms with Crippen molar-refractivity contribution in [2.75, 3.05) is 0 Å². The fourth-order valence-electron chi connectivity index (χ4n) is 3.74. The minimum absolute atomic E-state index is 0.0526. The van der Waals surface area contributed by atoms with Gasteiger partial charge in [0.15, 0.2) is 17.4 Å². The van der Waals surface area contributed by atoms with Gasteiger partial charge >= 0.3 is 6.61 Å². The minimum atomic E-state index is -3.38. The normalized spacial score (nSPS) is 11.2. The Hall–Kier alpha value is -3.67. The van der Waals surface area contributed by atoms with Crippen molar-refractivity contribution in [3.63, 3.8) is 0 Å². The highest BCUT2D eigenvalue weighted by molar-refractivity contribution is 5.91. The maximum Gasteiger partial charge on any atom is 0.387 e. The highest BCUT2D eigenvalue weighted by atomic mass is 19.3. The SMILES string of the molecule is C=CCCc1ccc(-c2ccc3c(F)c(-c4cc(F)c(OC(F)F)c(F)c4)ccc3c2)cc1. The molecule has 0 heterocycles. The average molecular weight is 454 g/mol. The fourth-order valence-corrected chi connectivity index (χ4v) is 3.74. The highest BCUT2D eigenvalue weighted by Crippen LogP contribution is 2.35. The Morgan fingerprint density at radius 3 is 2.09 bits per heavy atom. The number of hydrogen-bond acceptors (Lipinski definition) is 1. The van der Waals surface area contributed by atoms with E-state index in [0.29, 0.717) is 5.39 Å². The van der Waals surface area contributed by atoms with Gasteiger partial charge in [-0.1, -0.05) is 54.6 Å². The van der Waals surface area contributed by atoms with Gasteiger partial charge in [0, 0.05) is 10.9 Å². The molecule has 0 saturated heterocycles. The summed E-state index contributed by atoms with van der Waals surface area (Å²) in [7, 11) is 0. The molecule has 0 aliphatic heterocycles. The van der Waals surface area contributed by atoms with E-state index in [2.05, 4.69) is 11.3 Å². The van der Waals surface area contributed by atoms with E-state index in [9.17, 15) is 17.6 Å². The van der Waals surface area contributed by atoms with Crippen LogP contribution >= 0.6 is 0 Å². The number of benzene rings is 4. The predicted octanol–water partition coefficient (Wildman–Crippen LogP) is 8.31. The molecule has 168 valence electrons. The smallest absolute Gasteiger partial charge is 0.387 e. The van der Waals surface area contributed by atoms with Gasteiger partial charge in [-0.25, -0.2) is 13.2 Å². The van der Waals surface area contributed by atoms with Gasteiger partial charge in [-0.3, -0.25) is 0 Å². The second-order valence-corrected chi connectivity index (χ2v) is 7.53. The first-order valence-corrected chi connectivity index (χ1v) is 10.2. The Labute approximate surface area is 187 Å². The van der Waals surface area contributed by atoms with Crippen molar-refractivity contribution in [3.05, 3.63) is 102 Å². The Kier molecular flexibility index (Phi) is 6.45. The van der Waals surface area contributed by atoms with E-state index in [1.807, 2.05) is 36.4 Å². The molecule has 0 unspecified atom stereocenters. The third-order valence-electron chi connectivity index (χ3n) is 5.39. The molecule has 0 saturated carbocycles. The number of rotatable bonds is 7. The lowest BCUT2D eigenvalue weighted by Gasteiger charge is -2.12. The maximum atomic E-state index is 15.2. The van der Waals surface area contributed by atoms with E-state index in [1.54, 1.807) is 18.2 Å². The number of alkyl halides is 2. The van der Waals surface area contributed by atoms with Gasteiger partial charge < -0.3 is 4.74 Å². The van der Waals surface area contributed by atoms with Crippen molar-refractivity contribution >= 4 is 10.8 Å². The van der Waals surface area contributed by atoms with E-state index in [0.717, 1.165) is 36.1 Å². The molecule has 1 nitrogen and oxygen atoms in total. The van der Waals surface area contributed by atoms with Crippen molar-refractivity contribution in [2.24, 2.45) is 0 Å². The Morgan fingerprint density at radius 1 is 0.788 bits per heavy atom. The van der Waals surface area contributed by atoms with E-state index in [4.69, 9.17) is 0 Å². The molecule has 0 aromatic heterocycles. The second-order valence-electron chi connectivity index (χ2n) is 7.53. The van der Waals surface area contributed by atoms with Crippen LogP contribution in [0, 0.1) is 17.5 Å². The molecule has 0 bridgehead atoms.